The number of nitrogens with zero attached hydrogens (tertiary/aromatic N) is 2. The highest BCUT2D eigenvalue weighted by Gasteiger charge is 2.42. The third kappa shape index (κ3) is 5.14. The van der Waals surface area contributed by atoms with Crippen LogP contribution in [-0.2, 0) is 21.0 Å². The lowest BCUT2D eigenvalue weighted by atomic mass is 10.0. The number of rotatable bonds is 8. The zero-order chi connectivity index (χ0) is 20.8. The maximum Gasteiger partial charge on any atom is 0.338 e. The van der Waals surface area contributed by atoms with Crippen LogP contribution < -0.4 is 0 Å². The summed E-state index contributed by atoms with van der Waals surface area (Å²) in [4.78, 5) is 15.9. The molecule has 7 heteroatoms. The molecule has 1 aliphatic heterocycles. The summed E-state index contributed by atoms with van der Waals surface area (Å²) in [6.45, 7) is 1.14. The van der Waals surface area contributed by atoms with Crippen LogP contribution >= 0.6 is 27.7 Å². The molecule has 156 valence electrons. The minimum atomic E-state index is -0.439. The van der Waals surface area contributed by atoms with Gasteiger partial charge in [0, 0.05) is 29.2 Å². The zero-order valence-electron chi connectivity index (χ0n) is 16.4. The molecule has 0 unspecified atom stereocenters. The average Bonchev–Trinajstić information content (AvgIpc) is 3.44. The van der Waals surface area contributed by atoms with E-state index in [2.05, 4.69) is 37.6 Å². The summed E-state index contributed by atoms with van der Waals surface area (Å²) in [5.74, 6) is 0.467. The Labute approximate surface area is 188 Å². The number of carbonyl (C=O) groups excluding carboxylic acids is 1. The Kier molecular flexibility index (Phi) is 6.92. The molecule has 0 N–H and O–H groups in total. The van der Waals surface area contributed by atoms with Crippen molar-refractivity contribution in [2.75, 3.05) is 12.4 Å². The second kappa shape index (κ2) is 9.81. The van der Waals surface area contributed by atoms with Crippen LogP contribution in [0.25, 0.3) is 0 Å². The molecular formula is C23H23BrN2O3S. The molecule has 0 amide bonds. The highest BCUT2D eigenvalue weighted by atomic mass is 79.9. The van der Waals surface area contributed by atoms with E-state index in [1.165, 1.54) is 0 Å². The molecule has 1 fully saturated rings. The number of hydrogen-bond acceptors (Lipinski definition) is 5. The molecule has 30 heavy (non-hydrogen) atoms. The molecule has 0 spiro atoms. The first kappa shape index (κ1) is 21.2. The summed E-state index contributed by atoms with van der Waals surface area (Å²) in [5.41, 5.74) is 1.70. The molecule has 0 saturated carbocycles. The zero-order valence-corrected chi connectivity index (χ0v) is 18.8. The van der Waals surface area contributed by atoms with Crippen LogP contribution in [0.3, 0.4) is 0 Å². The number of benzene rings is 2. The minimum absolute atomic E-state index is 0.139. The van der Waals surface area contributed by atoms with Crippen molar-refractivity contribution in [1.29, 1.82) is 0 Å². The van der Waals surface area contributed by atoms with Crippen molar-refractivity contribution in [3.8, 4) is 0 Å². The molecular weight excluding hydrogens is 464 g/mol. The van der Waals surface area contributed by atoms with Crippen molar-refractivity contribution in [2.45, 2.75) is 30.4 Å². The fraction of sp³-hybridized carbons (Fsp3) is 0.304. The molecule has 1 saturated heterocycles. The first-order valence-electron chi connectivity index (χ1n) is 9.90. The van der Waals surface area contributed by atoms with Gasteiger partial charge < -0.3 is 14.0 Å². The van der Waals surface area contributed by atoms with Crippen LogP contribution in [0, 0.1) is 0 Å². The van der Waals surface area contributed by atoms with E-state index in [0.29, 0.717) is 5.56 Å². The number of aromatic nitrogens is 2. The van der Waals surface area contributed by atoms with Crippen molar-refractivity contribution in [1.82, 2.24) is 9.55 Å². The fourth-order valence-corrected chi connectivity index (χ4v) is 5.20. The summed E-state index contributed by atoms with van der Waals surface area (Å²) < 4.78 is 15.2. The molecule has 1 aliphatic rings. The smallest absolute Gasteiger partial charge is 0.338 e. The summed E-state index contributed by atoms with van der Waals surface area (Å²) in [5, 5.41) is 0. The van der Waals surface area contributed by atoms with E-state index in [0.717, 1.165) is 35.2 Å². The number of imidazole rings is 1. The number of ether oxygens (including phenoxy) is 2. The number of esters is 1. The lowest BCUT2D eigenvalue weighted by Crippen LogP contribution is -2.28. The topological polar surface area (TPSA) is 53.4 Å². The molecule has 1 aromatic heterocycles. The van der Waals surface area contributed by atoms with Gasteiger partial charge in [0.05, 0.1) is 11.9 Å². The van der Waals surface area contributed by atoms with Crippen LogP contribution in [0.4, 0.5) is 0 Å². The third-order valence-electron chi connectivity index (χ3n) is 5.03. The van der Waals surface area contributed by atoms with Gasteiger partial charge in [-0.15, -0.1) is 11.8 Å². The van der Waals surface area contributed by atoms with Crippen molar-refractivity contribution in [3.63, 3.8) is 0 Å². The summed E-state index contributed by atoms with van der Waals surface area (Å²) in [6.07, 6.45) is 7.28. The Morgan fingerprint density at radius 2 is 2.03 bits per heavy atom. The fourth-order valence-electron chi connectivity index (χ4n) is 3.52. The average molecular weight is 487 g/mol. The number of carbonyl (C=O) groups is 1. The molecule has 0 radical (unpaired) electrons. The number of thioether (sulfide) groups is 1. The van der Waals surface area contributed by atoms with Crippen molar-refractivity contribution >= 4 is 33.7 Å². The maximum absolute atomic E-state index is 12.3. The predicted molar refractivity (Wildman–Crippen MR) is 121 cm³/mol. The van der Waals surface area contributed by atoms with E-state index in [4.69, 9.17) is 9.47 Å². The van der Waals surface area contributed by atoms with Gasteiger partial charge in [-0.3, -0.25) is 0 Å². The summed E-state index contributed by atoms with van der Waals surface area (Å²) in [7, 11) is 0. The van der Waals surface area contributed by atoms with E-state index in [1.54, 1.807) is 30.1 Å². The Morgan fingerprint density at radius 1 is 1.23 bits per heavy atom. The predicted octanol–water partition coefficient (Wildman–Crippen LogP) is 5.27. The van der Waals surface area contributed by atoms with Crippen LogP contribution in [0.15, 0.2) is 77.8 Å². The van der Waals surface area contributed by atoms with Crippen LogP contribution in [-0.4, -0.2) is 34.0 Å². The minimum Gasteiger partial charge on any atom is -0.459 e. The first-order valence-corrected chi connectivity index (χ1v) is 11.7. The highest BCUT2D eigenvalue weighted by molar-refractivity contribution is 9.10. The van der Waals surface area contributed by atoms with Crippen molar-refractivity contribution in [3.05, 3.63) is 88.9 Å². The quantitative estimate of drug-likeness (QED) is 0.406. The van der Waals surface area contributed by atoms with E-state index in [1.807, 2.05) is 42.9 Å². The maximum atomic E-state index is 12.3. The van der Waals surface area contributed by atoms with E-state index in [9.17, 15) is 4.79 Å². The van der Waals surface area contributed by atoms with Gasteiger partial charge in [0.1, 0.15) is 17.6 Å². The normalized spacial score (nSPS) is 20.9. The molecule has 0 aliphatic carbocycles. The van der Waals surface area contributed by atoms with E-state index in [-0.39, 0.29) is 18.7 Å². The molecule has 0 bridgehead atoms. The molecule has 2 atom stereocenters. The monoisotopic (exact) mass is 486 g/mol. The van der Waals surface area contributed by atoms with Gasteiger partial charge in [0.25, 0.3) is 0 Å². The van der Waals surface area contributed by atoms with Gasteiger partial charge in [0.2, 0.25) is 0 Å². The lowest BCUT2D eigenvalue weighted by Gasteiger charge is -2.29. The number of aryl methyl sites for hydroxylation is 1. The van der Waals surface area contributed by atoms with Crippen LogP contribution in [0.5, 0.6) is 0 Å². The van der Waals surface area contributed by atoms with Crippen molar-refractivity contribution < 1.29 is 14.3 Å². The van der Waals surface area contributed by atoms with Crippen LogP contribution in [0.1, 0.15) is 28.8 Å². The van der Waals surface area contributed by atoms with Gasteiger partial charge in [0.15, 0.2) is 0 Å². The Morgan fingerprint density at radius 3 is 2.77 bits per heavy atom. The molecule has 4 rings (SSSR count). The van der Waals surface area contributed by atoms with Crippen molar-refractivity contribution in [2.24, 2.45) is 0 Å². The van der Waals surface area contributed by atoms with Gasteiger partial charge in [-0.1, -0.05) is 46.3 Å². The first-order chi connectivity index (χ1) is 14.6. The summed E-state index contributed by atoms with van der Waals surface area (Å²) >= 11 is 5.30. The molecule has 2 aromatic carbocycles. The SMILES string of the molecule is O=C(OC[C@@H]1CS[C@](CCCn2ccnc2)(c2ccc(Br)cc2)O1)c1ccccc1. The van der Waals surface area contributed by atoms with Gasteiger partial charge in [-0.05, 0) is 42.7 Å². The summed E-state index contributed by atoms with van der Waals surface area (Å²) in [6, 6.07) is 17.3. The van der Waals surface area contributed by atoms with Gasteiger partial charge in [-0.2, -0.15) is 0 Å². The second-order valence-electron chi connectivity index (χ2n) is 7.18. The number of halogens is 1. The molecule has 2 heterocycles. The third-order valence-corrected chi connectivity index (χ3v) is 7.10. The van der Waals surface area contributed by atoms with Crippen LogP contribution in [0.2, 0.25) is 0 Å². The van der Waals surface area contributed by atoms with Gasteiger partial charge in [-0.25, -0.2) is 9.78 Å². The largest absolute Gasteiger partial charge is 0.459 e. The number of hydrogen-bond donors (Lipinski definition) is 0. The molecule has 5 nitrogen and oxygen atoms in total. The second-order valence-corrected chi connectivity index (χ2v) is 9.38. The standard InChI is InChI=1S/C23H23BrN2O3S/c24-20-9-7-19(8-10-20)23(11-4-13-26-14-12-25-17-26)29-21(16-30-23)15-28-22(27)18-5-2-1-3-6-18/h1-3,5-10,12,14,17,21H,4,11,13,15-16H2/t21-,23-/m1/s1. The van der Waals surface area contributed by atoms with Gasteiger partial charge >= 0.3 is 5.97 Å². The van der Waals surface area contributed by atoms with E-state index < -0.39 is 4.93 Å². The Hall–Kier alpha value is -2.09. The Bertz CT molecular complexity index is 950. The van der Waals surface area contributed by atoms with E-state index >= 15 is 0 Å². The Balaban J connectivity index is 1.41. The highest BCUT2D eigenvalue weighted by Crippen LogP contribution is 2.48. The molecule has 3 aromatic rings. The lowest BCUT2D eigenvalue weighted by molar-refractivity contribution is -0.0473.